The van der Waals surface area contributed by atoms with E-state index in [9.17, 15) is 14.9 Å². The van der Waals surface area contributed by atoms with Gasteiger partial charge in [0.2, 0.25) is 5.82 Å². The summed E-state index contributed by atoms with van der Waals surface area (Å²) in [5.41, 5.74) is -0.00872. The maximum atomic E-state index is 11.6. The van der Waals surface area contributed by atoms with Crippen LogP contribution < -0.4 is 4.90 Å². The lowest BCUT2D eigenvalue weighted by atomic mass is 10.2. The topological polar surface area (TPSA) is 85.6 Å². The van der Waals surface area contributed by atoms with Crippen LogP contribution in [0.5, 0.6) is 0 Å². The third kappa shape index (κ3) is 3.44. The highest BCUT2D eigenvalue weighted by Crippen LogP contribution is 2.32. The molecule has 1 aromatic heterocycles. The Morgan fingerprint density at radius 1 is 1.43 bits per heavy atom. The predicted octanol–water partition coefficient (Wildman–Crippen LogP) is 2.11. The van der Waals surface area contributed by atoms with Crippen molar-refractivity contribution in [1.29, 1.82) is 0 Å². The van der Waals surface area contributed by atoms with Crippen molar-refractivity contribution >= 4 is 29.2 Å². The Hall–Kier alpha value is -1.83. The van der Waals surface area contributed by atoms with Crippen LogP contribution in [0.25, 0.3) is 0 Å². The summed E-state index contributed by atoms with van der Waals surface area (Å²) in [6.45, 7) is 5.47. The number of hydrogen-bond donors (Lipinski definition) is 0. The minimum atomic E-state index is -0.598. The van der Waals surface area contributed by atoms with E-state index < -0.39 is 10.9 Å². The van der Waals surface area contributed by atoms with Crippen molar-refractivity contribution in [3.8, 4) is 0 Å². The number of aromatic nitrogens is 1. The zero-order valence-electron chi connectivity index (χ0n) is 12.1. The van der Waals surface area contributed by atoms with Gasteiger partial charge in [0.15, 0.2) is 5.69 Å². The Morgan fingerprint density at radius 2 is 2.05 bits per heavy atom. The Labute approximate surface area is 126 Å². The Balaban J connectivity index is 2.43. The SMILES string of the molecule is COC(=O)c1ccc([N+](=O)[O-])c(N2CC(C)SC(C)C2)n1. The van der Waals surface area contributed by atoms with Crippen molar-refractivity contribution in [2.24, 2.45) is 0 Å². The monoisotopic (exact) mass is 311 g/mol. The first kappa shape index (κ1) is 15.6. The van der Waals surface area contributed by atoms with Crippen LogP contribution in [0.2, 0.25) is 0 Å². The Morgan fingerprint density at radius 3 is 2.57 bits per heavy atom. The standard InChI is InChI=1S/C13H17N3O4S/c1-8-6-15(7-9(2)21-8)12-11(16(18)19)5-4-10(14-12)13(17)20-3/h4-5,8-9H,6-7H2,1-3H3. The molecular weight excluding hydrogens is 294 g/mol. The maximum absolute atomic E-state index is 11.6. The number of pyridine rings is 1. The number of carbonyl (C=O) groups is 1. The van der Waals surface area contributed by atoms with Crippen LogP contribution in [0, 0.1) is 10.1 Å². The summed E-state index contributed by atoms with van der Waals surface area (Å²) >= 11 is 1.84. The second kappa shape index (κ2) is 6.30. The van der Waals surface area contributed by atoms with Gasteiger partial charge in [-0.25, -0.2) is 9.78 Å². The first-order valence-electron chi connectivity index (χ1n) is 6.56. The van der Waals surface area contributed by atoms with Gasteiger partial charge in [0.25, 0.3) is 0 Å². The molecule has 0 N–H and O–H groups in total. The molecule has 0 aliphatic carbocycles. The zero-order valence-corrected chi connectivity index (χ0v) is 12.9. The minimum Gasteiger partial charge on any atom is -0.464 e. The Kier molecular flexibility index (Phi) is 4.66. The molecule has 0 spiro atoms. The number of ether oxygens (including phenoxy) is 1. The molecule has 0 bridgehead atoms. The van der Waals surface area contributed by atoms with Crippen LogP contribution in [0.3, 0.4) is 0 Å². The number of anilines is 1. The van der Waals surface area contributed by atoms with Crippen molar-refractivity contribution in [2.45, 2.75) is 24.3 Å². The van der Waals surface area contributed by atoms with E-state index in [4.69, 9.17) is 0 Å². The minimum absolute atomic E-state index is 0.0802. The van der Waals surface area contributed by atoms with Crippen LogP contribution in [0.4, 0.5) is 11.5 Å². The van der Waals surface area contributed by atoms with Crippen molar-refractivity contribution in [1.82, 2.24) is 4.98 Å². The molecule has 7 nitrogen and oxygen atoms in total. The first-order chi connectivity index (χ1) is 9.92. The largest absolute Gasteiger partial charge is 0.464 e. The lowest BCUT2D eigenvalue weighted by Gasteiger charge is -2.35. The van der Waals surface area contributed by atoms with Gasteiger partial charge < -0.3 is 9.64 Å². The van der Waals surface area contributed by atoms with Gasteiger partial charge in [-0.2, -0.15) is 11.8 Å². The number of esters is 1. The van der Waals surface area contributed by atoms with Crippen LogP contribution in [0.15, 0.2) is 12.1 Å². The van der Waals surface area contributed by atoms with Gasteiger partial charge in [-0.1, -0.05) is 13.8 Å². The number of nitrogens with zero attached hydrogens (tertiary/aromatic N) is 3. The molecule has 2 unspecified atom stereocenters. The molecule has 0 aromatic carbocycles. The molecule has 1 fully saturated rings. The number of nitro groups is 1. The maximum Gasteiger partial charge on any atom is 0.356 e. The summed E-state index contributed by atoms with van der Waals surface area (Å²) in [5, 5.41) is 11.9. The molecule has 1 saturated heterocycles. The Bertz CT molecular complexity index is 556. The van der Waals surface area contributed by atoms with Gasteiger partial charge in [0, 0.05) is 29.7 Å². The molecule has 0 radical (unpaired) electrons. The number of hydrogen-bond acceptors (Lipinski definition) is 7. The highest BCUT2D eigenvalue weighted by atomic mass is 32.2. The van der Waals surface area contributed by atoms with E-state index in [2.05, 4.69) is 23.6 Å². The fourth-order valence-corrected chi connectivity index (χ4v) is 3.71. The molecule has 0 saturated carbocycles. The van der Waals surface area contributed by atoms with Crippen molar-refractivity contribution < 1.29 is 14.5 Å². The van der Waals surface area contributed by atoms with E-state index in [1.165, 1.54) is 19.2 Å². The molecule has 2 rings (SSSR count). The fraction of sp³-hybridized carbons (Fsp3) is 0.538. The van der Waals surface area contributed by atoms with Crippen molar-refractivity contribution in [3.05, 3.63) is 27.9 Å². The highest BCUT2D eigenvalue weighted by Gasteiger charge is 2.29. The summed E-state index contributed by atoms with van der Waals surface area (Å²) in [6.07, 6.45) is 0. The van der Waals surface area contributed by atoms with Gasteiger partial charge in [-0.15, -0.1) is 0 Å². The second-order valence-corrected chi connectivity index (χ2v) is 6.83. The summed E-state index contributed by atoms with van der Waals surface area (Å²) in [6, 6.07) is 2.63. The van der Waals surface area contributed by atoms with Gasteiger partial charge in [0.1, 0.15) is 0 Å². The number of carbonyl (C=O) groups excluding carboxylic acids is 1. The van der Waals surface area contributed by atoms with Gasteiger partial charge >= 0.3 is 11.7 Å². The van der Waals surface area contributed by atoms with Crippen LogP contribution in [-0.2, 0) is 4.74 Å². The van der Waals surface area contributed by atoms with E-state index >= 15 is 0 Å². The summed E-state index contributed by atoms with van der Waals surface area (Å²) < 4.78 is 4.63. The number of rotatable bonds is 3. The smallest absolute Gasteiger partial charge is 0.356 e. The first-order valence-corrected chi connectivity index (χ1v) is 7.50. The van der Waals surface area contributed by atoms with Crippen LogP contribution >= 0.6 is 11.8 Å². The quantitative estimate of drug-likeness (QED) is 0.480. The molecule has 0 amide bonds. The average Bonchev–Trinajstić information content (AvgIpc) is 2.44. The summed E-state index contributed by atoms with van der Waals surface area (Å²) in [7, 11) is 1.26. The summed E-state index contributed by atoms with van der Waals surface area (Å²) in [5.74, 6) is -0.361. The van der Waals surface area contributed by atoms with Gasteiger partial charge in [-0.05, 0) is 6.07 Å². The molecule has 114 valence electrons. The third-order valence-corrected chi connectivity index (χ3v) is 4.39. The molecular formula is C13H17N3O4S. The molecule has 1 aromatic rings. The third-order valence-electron chi connectivity index (χ3n) is 3.16. The lowest BCUT2D eigenvalue weighted by molar-refractivity contribution is -0.384. The van der Waals surface area contributed by atoms with E-state index in [0.29, 0.717) is 23.6 Å². The molecule has 1 aliphatic heterocycles. The van der Waals surface area contributed by atoms with E-state index in [-0.39, 0.29) is 17.2 Å². The normalized spacial score (nSPS) is 22.0. The average molecular weight is 311 g/mol. The predicted molar refractivity (Wildman–Crippen MR) is 81.0 cm³/mol. The molecule has 8 heteroatoms. The molecule has 2 heterocycles. The molecule has 1 aliphatic rings. The van der Waals surface area contributed by atoms with Crippen LogP contribution in [0.1, 0.15) is 24.3 Å². The molecule has 21 heavy (non-hydrogen) atoms. The van der Waals surface area contributed by atoms with Gasteiger partial charge in [0.05, 0.1) is 12.0 Å². The summed E-state index contributed by atoms with van der Waals surface area (Å²) in [4.78, 5) is 28.3. The second-order valence-electron chi connectivity index (χ2n) is 4.95. The van der Waals surface area contributed by atoms with E-state index in [1.54, 1.807) is 0 Å². The van der Waals surface area contributed by atoms with Crippen LogP contribution in [-0.4, -0.2) is 46.6 Å². The van der Waals surface area contributed by atoms with Gasteiger partial charge in [-0.3, -0.25) is 10.1 Å². The van der Waals surface area contributed by atoms with E-state index in [1.807, 2.05) is 16.7 Å². The van der Waals surface area contributed by atoms with Crippen molar-refractivity contribution in [2.75, 3.05) is 25.1 Å². The lowest BCUT2D eigenvalue weighted by Crippen LogP contribution is -2.41. The zero-order chi connectivity index (χ0) is 15.6. The van der Waals surface area contributed by atoms with Crippen molar-refractivity contribution in [3.63, 3.8) is 0 Å². The fourth-order valence-electron chi connectivity index (χ4n) is 2.39. The highest BCUT2D eigenvalue weighted by molar-refractivity contribution is 8.00. The number of thioether (sulfide) groups is 1. The number of methoxy groups -OCH3 is 1. The molecule has 2 atom stereocenters. The van der Waals surface area contributed by atoms with E-state index in [0.717, 1.165) is 0 Å².